The molecule has 0 radical (unpaired) electrons. The Kier molecular flexibility index (Phi) is 9.25. The van der Waals surface area contributed by atoms with Crippen LogP contribution in [0.5, 0.6) is 0 Å². The lowest BCUT2D eigenvalue weighted by Crippen LogP contribution is -2.71. The van der Waals surface area contributed by atoms with Crippen molar-refractivity contribution in [3.63, 3.8) is 0 Å². The van der Waals surface area contributed by atoms with Crippen molar-refractivity contribution in [2.24, 2.45) is 12.2 Å². The third-order valence-corrected chi connectivity index (χ3v) is 11.3. The fraction of sp³-hybridized carbons (Fsp3) is 0.273. The third-order valence-electron chi connectivity index (χ3n) is 5.93. The van der Waals surface area contributed by atoms with Gasteiger partial charge in [-0.1, -0.05) is 5.16 Å². The Morgan fingerprint density at radius 1 is 1.32 bits per heavy atom. The lowest BCUT2D eigenvalue weighted by molar-refractivity contribution is -0.671. The van der Waals surface area contributed by atoms with E-state index in [1.807, 2.05) is 41.2 Å². The molecule has 0 bridgehead atoms. The van der Waals surface area contributed by atoms with Crippen LogP contribution in [0.3, 0.4) is 0 Å². The van der Waals surface area contributed by atoms with Crippen LogP contribution in [0.2, 0.25) is 0 Å². The smallest absolute Gasteiger partial charge is 0.429 e. The van der Waals surface area contributed by atoms with Gasteiger partial charge in [-0.05, 0) is 6.92 Å². The molecule has 2 aliphatic rings. The van der Waals surface area contributed by atoms with Gasteiger partial charge in [-0.15, -0.1) is 23.1 Å². The first-order chi connectivity index (χ1) is 20.9. The van der Waals surface area contributed by atoms with Crippen molar-refractivity contribution in [3.05, 3.63) is 46.3 Å². The second-order valence-corrected chi connectivity index (χ2v) is 14.6. The predicted molar refractivity (Wildman–Crippen MR) is 156 cm³/mol. The van der Waals surface area contributed by atoms with Crippen LogP contribution < -0.4 is 20.1 Å². The van der Waals surface area contributed by atoms with Crippen LogP contribution in [0.25, 0.3) is 11.3 Å². The van der Waals surface area contributed by atoms with Crippen molar-refractivity contribution < 1.29 is 47.5 Å². The molecular weight excluding hydrogens is 680 g/mol. The number of hydrogen-bond acceptors (Lipinski definition) is 14. The Morgan fingerprint density at radius 2 is 2.05 bits per heavy atom. The van der Waals surface area contributed by atoms with E-state index >= 15 is 0 Å². The van der Waals surface area contributed by atoms with Crippen LogP contribution in [0.15, 0.2) is 50.0 Å². The second-order valence-electron chi connectivity index (χ2n) is 8.88. The fourth-order valence-electron chi connectivity index (χ4n) is 3.99. The van der Waals surface area contributed by atoms with E-state index in [1.165, 1.54) is 0 Å². The summed E-state index contributed by atoms with van der Waals surface area (Å²) in [4.78, 5) is 70.8. The Balaban J connectivity index is 1.35. The van der Waals surface area contributed by atoms with Crippen LogP contribution in [-0.2, 0) is 41.6 Å². The van der Waals surface area contributed by atoms with Gasteiger partial charge in [-0.2, -0.15) is 9.36 Å². The number of rotatable bonds is 11. The summed E-state index contributed by atoms with van der Waals surface area (Å²) < 4.78 is 30.5. The van der Waals surface area contributed by atoms with E-state index in [0.717, 1.165) is 33.6 Å². The average molecular weight is 701 g/mol. The first-order valence-electron chi connectivity index (χ1n) is 12.3. The number of pyridine rings is 1. The summed E-state index contributed by atoms with van der Waals surface area (Å²) in [5, 5.41) is 20.7. The summed E-state index contributed by atoms with van der Waals surface area (Å²) in [5.41, 5.74) is 0.296. The Hall–Kier alpha value is -3.59. The molecule has 3 atom stereocenters. The number of hydrogen-bond donors (Lipinski definition) is 4. The second kappa shape index (κ2) is 12.8. The number of oxime groups is 1. The maximum Gasteiger partial charge on any atom is 0.429 e. The highest BCUT2D eigenvalue weighted by Crippen LogP contribution is 2.42. The first-order valence-corrected chi connectivity index (χ1v) is 17.7. The molecule has 3 aromatic rings. The summed E-state index contributed by atoms with van der Waals surface area (Å²) in [7, 11) is -4.86. The highest BCUT2D eigenvalue weighted by molar-refractivity contribution is 8.02. The molecule has 5 heterocycles. The van der Waals surface area contributed by atoms with E-state index < -0.39 is 59.2 Å². The summed E-state index contributed by atoms with van der Waals surface area (Å²) in [6.07, 6.45) is 3.65. The molecule has 1 saturated heterocycles. The third kappa shape index (κ3) is 6.58. The number of carboxylic acid groups (broad SMARTS) is 1. The Morgan fingerprint density at radius 3 is 2.70 bits per heavy atom. The molecule has 0 spiro atoms. The minimum atomic E-state index is -4.70. The SMILES string of the molecule is CCO/N=C(\C(=O)N[C@@H]1C(=O)N2C(C(=O)[O-])=C(S(=O)c3nc(-c4cc[n+](C)cc4)cs3)CS[C@H]12)c1nsc(NP(=O)(O)O)n1. The predicted octanol–water partition coefficient (Wildman–Crippen LogP) is -1.10. The van der Waals surface area contributed by atoms with E-state index in [2.05, 4.69) is 24.8 Å². The Labute approximate surface area is 262 Å². The molecule has 0 aliphatic carbocycles. The minimum Gasteiger partial charge on any atom is -0.543 e. The number of nitrogens with one attached hydrogen (secondary N) is 2. The maximum absolute atomic E-state index is 13.5. The van der Waals surface area contributed by atoms with Gasteiger partial charge in [0.25, 0.3) is 11.8 Å². The number of fused-ring (bicyclic) bond motifs is 1. The number of carbonyl (C=O) groups is 3. The van der Waals surface area contributed by atoms with Gasteiger partial charge in [0.1, 0.15) is 35.9 Å². The standard InChI is InChI=1S/C22H21N8O9PS4/c1-3-39-26-13(16-25-21(43-28-16)27-40(35,36)37)17(31)24-14-18(32)30-15(20(33)34)12(9-41-19(14)30)44(38)22-23-11(8-42-22)10-4-6-29(2)7-5-10/h4-8,14,19H,3,9H2,1-2H3,(H4-,24,25,27,28,31,33,34,35,36,37)/b26-13-/t14-,19-,44?/m1/s1. The summed E-state index contributed by atoms with van der Waals surface area (Å²) in [5.74, 6) is -3.86. The molecule has 5 rings (SSSR count). The van der Waals surface area contributed by atoms with E-state index in [0.29, 0.717) is 17.2 Å². The normalized spacial score (nSPS) is 19.2. The van der Waals surface area contributed by atoms with Crippen molar-refractivity contribution in [2.75, 3.05) is 17.4 Å². The molecule has 232 valence electrons. The Bertz CT molecular complexity index is 1770. The number of aliphatic carboxylic acids is 1. The van der Waals surface area contributed by atoms with Crippen LogP contribution in [0.4, 0.5) is 5.13 Å². The zero-order chi connectivity index (χ0) is 31.8. The van der Waals surface area contributed by atoms with Crippen LogP contribution >= 0.6 is 42.4 Å². The number of amides is 2. The van der Waals surface area contributed by atoms with Gasteiger partial charge in [0, 0.05) is 40.4 Å². The molecule has 2 amide bonds. The quantitative estimate of drug-likeness (QED) is 0.0611. The number of thiazole rings is 1. The minimum absolute atomic E-state index is 0.0491. The summed E-state index contributed by atoms with van der Waals surface area (Å²) >= 11 is 2.72. The first kappa shape index (κ1) is 31.8. The van der Waals surface area contributed by atoms with Crippen molar-refractivity contribution in [1.82, 2.24) is 24.6 Å². The van der Waals surface area contributed by atoms with E-state index in [1.54, 1.807) is 12.3 Å². The molecule has 2 aliphatic heterocycles. The molecule has 0 aromatic carbocycles. The number of thioether (sulfide) groups is 1. The van der Waals surface area contributed by atoms with Crippen molar-refractivity contribution >= 4 is 81.8 Å². The molecular formula is C22H21N8O9PS4. The monoisotopic (exact) mass is 700 g/mol. The number of aromatic nitrogens is 4. The van der Waals surface area contributed by atoms with Gasteiger partial charge in [-0.3, -0.25) is 19.6 Å². The maximum atomic E-state index is 13.5. The summed E-state index contributed by atoms with van der Waals surface area (Å²) in [6, 6.07) is 2.45. The van der Waals surface area contributed by atoms with E-state index in [4.69, 9.17) is 14.6 Å². The van der Waals surface area contributed by atoms with Crippen molar-refractivity contribution in [1.29, 1.82) is 0 Å². The van der Waals surface area contributed by atoms with Crippen molar-refractivity contribution in [3.8, 4) is 11.3 Å². The van der Waals surface area contributed by atoms with Gasteiger partial charge < -0.3 is 29.8 Å². The van der Waals surface area contributed by atoms with Crippen molar-refractivity contribution in [2.45, 2.75) is 22.7 Å². The lowest BCUT2D eigenvalue weighted by Gasteiger charge is -2.50. The number of β-lactam (4-membered cyclic amide) rings is 1. The molecule has 4 N–H and O–H groups in total. The fourth-order valence-corrected chi connectivity index (χ4v) is 9.16. The number of aryl methyl sites for hydroxylation is 1. The van der Waals surface area contributed by atoms with E-state index in [-0.39, 0.29) is 32.6 Å². The van der Waals surface area contributed by atoms with Gasteiger partial charge in [0.05, 0.1) is 22.3 Å². The van der Waals surface area contributed by atoms with Crippen LogP contribution in [-0.4, -0.2) is 80.5 Å². The lowest BCUT2D eigenvalue weighted by atomic mass is 10.0. The van der Waals surface area contributed by atoms with Gasteiger partial charge in [0.15, 0.2) is 16.7 Å². The van der Waals surface area contributed by atoms with Crippen LogP contribution in [0, 0.1) is 0 Å². The number of carboxylic acids is 1. The van der Waals surface area contributed by atoms with Gasteiger partial charge in [0.2, 0.25) is 16.7 Å². The highest BCUT2D eigenvalue weighted by atomic mass is 32.2. The van der Waals surface area contributed by atoms with Gasteiger partial charge >= 0.3 is 7.75 Å². The average Bonchev–Trinajstić information content (AvgIpc) is 3.64. The highest BCUT2D eigenvalue weighted by Gasteiger charge is 2.54. The zero-order valence-corrected chi connectivity index (χ0v) is 26.6. The number of carbonyl (C=O) groups excluding carboxylic acids is 3. The summed E-state index contributed by atoms with van der Waals surface area (Å²) in [6.45, 7) is 1.64. The topological polar surface area (TPSA) is 240 Å². The largest absolute Gasteiger partial charge is 0.543 e. The molecule has 22 heteroatoms. The molecule has 17 nitrogen and oxygen atoms in total. The molecule has 44 heavy (non-hydrogen) atoms. The van der Waals surface area contributed by atoms with Gasteiger partial charge in [-0.25, -0.2) is 18.3 Å². The van der Waals surface area contributed by atoms with Crippen LogP contribution in [0.1, 0.15) is 12.7 Å². The van der Waals surface area contributed by atoms with E-state index in [9.17, 15) is 28.3 Å². The number of anilines is 1. The molecule has 1 unspecified atom stereocenters. The zero-order valence-electron chi connectivity index (χ0n) is 22.5. The molecule has 0 saturated carbocycles. The number of nitrogens with zero attached hydrogens (tertiary/aromatic N) is 6. The molecule has 3 aromatic heterocycles. The molecule has 1 fully saturated rings.